The van der Waals surface area contributed by atoms with E-state index in [2.05, 4.69) is 11.9 Å². The average molecular weight is 592 g/mol. The van der Waals surface area contributed by atoms with Crippen molar-refractivity contribution in [3.8, 4) is 22.9 Å². The first-order valence-corrected chi connectivity index (χ1v) is 13.6. The number of aromatic nitrogens is 2. The molecule has 210 valence electrons. The van der Waals surface area contributed by atoms with E-state index in [-0.39, 0.29) is 11.7 Å². The highest BCUT2D eigenvalue weighted by atomic mass is 35.5. The molecule has 0 saturated heterocycles. The molecule has 0 fully saturated rings. The van der Waals surface area contributed by atoms with Gasteiger partial charge in [0.1, 0.15) is 17.3 Å². The third-order valence-corrected chi connectivity index (χ3v) is 8.23. The third kappa shape index (κ3) is 3.65. The van der Waals surface area contributed by atoms with Gasteiger partial charge in [-0.2, -0.15) is 0 Å². The van der Waals surface area contributed by atoms with Crippen molar-refractivity contribution in [3.63, 3.8) is 0 Å². The molecule has 3 aliphatic rings. The fraction of sp³-hybridized carbons (Fsp3) is 0.233. The smallest absolute Gasteiger partial charge is 0.280 e. The molecule has 0 radical (unpaired) electrons. The molecule has 0 saturated carbocycles. The van der Waals surface area contributed by atoms with E-state index in [4.69, 9.17) is 37.7 Å². The number of benzene rings is 2. The van der Waals surface area contributed by atoms with Crippen LogP contribution >= 0.6 is 23.2 Å². The average Bonchev–Trinajstić information content (AvgIpc) is 3.54. The third-order valence-electron chi connectivity index (χ3n) is 7.67. The summed E-state index contributed by atoms with van der Waals surface area (Å²) >= 11 is 12.9. The van der Waals surface area contributed by atoms with E-state index in [0.717, 1.165) is 0 Å². The van der Waals surface area contributed by atoms with Crippen LogP contribution in [0.2, 0.25) is 5.02 Å². The number of rotatable bonds is 5. The molecule has 1 atom stereocenters. The number of carbonyl (C=O) groups is 2. The van der Waals surface area contributed by atoms with Crippen LogP contribution in [-0.2, 0) is 10.3 Å². The van der Waals surface area contributed by atoms with Crippen molar-refractivity contribution < 1.29 is 19.1 Å². The molecular formula is C30H27Cl2N5O4. The summed E-state index contributed by atoms with van der Waals surface area (Å²) in [5.41, 5.74) is 1.73. The highest BCUT2D eigenvalue weighted by molar-refractivity contribution is 6.32. The number of carbonyl (C=O) groups excluding carboxylic acids is 2. The summed E-state index contributed by atoms with van der Waals surface area (Å²) in [5.74, 6) is 0.761. The molecule has 2 aromatic carbocycles. The first kappa shape index (κ1) is 27.0. The maximum absolute atomic E-state index is 14.5. The van der Waals surface area contributed by atoms with Gasteiger partial charge in [0.25, 0.3) is 11.8 Å². The van der Waals surface area contributed by atoms with Gasteiger partial charge in [0.15, 0.2) is 11.2 Å². The number of hydrogen-bond donors (Lipinski definition) is 1. The van der Waals surface area contributed by atoms with Gasteiger partial charge in [-0.3, -0.25) is 14.5 Å². The standard InChI is InChI=1S/C30H27Cl2N5O4/c1-15(2)36-26-25(34-27(36)20-9-8-19(40-5)13-24(20)41-6)28(38)37(18-12-22(32)16(3)35(4)14-18)30(26)21-10-7-17(31)11-23(21)33-29(30)39/h7-15H,3H2,1-2,4-6H3,(H,33,39). The zero-order chi connectivity index (χ0) is 29.4. The van der Waals surface area contributed by atoms with Crippen molar-refractivity contribution in [3.05, 3.63) is 93.7 Å². The summed E-state index contributed by atoms with van der Waals surface area (Å²) in [6.45, 7) is 7.95. The van der Waals surface area contributed by atoms with Gasteiger partial charge in [-0.25, -0.2) is 4.98 Å². The number of nitrogens with zero attached hydrogens (tertiary/aromatic N) is 4. The van der Waals surface area contributed by atoms with E-state index in [0.29, 0.717) is 61.3 Å². The number of ether oxygens (including phenoxy) is 2. The Labute approximate surface area is 247 Å². The second-order valence-electron chi connectivity index (χ2n) is 10.3. The number of hydrogen-bond acceptors (Lipinski definition) is 6. The molecule has 1 aromatic heterocycles. The normalized spacial score (nSPS) is 19.5. The maximum atomic E-state index is 14.5. The second kappa shape index (κ2) is 9.43. The molecule has 4 heterocycles. The van der Waals surface area contributed by atoms with Gasteiger partial charge in [0.2, 0.25) is 0 Å². The molecule has 0 aliphatic carbocycles. The Morgan fingerprint density at radius 2 is 1.83 bits per heavy atom. The maximum Gasteiger partial charge on any atom is 0.280 e. The molecule has 1 spiro atoms. The summed E-state index contributed by atoms with van der Waals surface area (Å²) in [5, 5.41) is 3.78. The largest absolute Gasteiger partial charge is 0.497 e. The first-order valence-electron chi connectivity index (χ1n) is 12.9. The molecule has 3 aliphatic heterocycles. The summed E-state index contributed by atoms with van der Waals surface area (Å²) in [7, 11) is 4.91. The number of imidazole rings is 1. The minimum atomic E-state index is -1.60. The van der Waals surface area contributed by atoms with Crippen LogP contribution < -0.4 is 14.8 Å². The quantitative estimate of drug-likeness (QED) is 0.399. The summed E-state index contributed by atoms with van der Waals surface area (Å²) < 4.78 is 13.0. The molecule has 6 rings (SSSR count). The van der Waals surface area contributed by atoms with Crippen molar-refractivity contribution >= 4 is 40.7 Å². The number of amides is 2. The van der Waals surface area contributed by atoms with E-state index in [1.165, 1.54) is 4.90 Å². The number of methoxy groups -OCH3 is 2. The highest BCUT2D eigenvalue weighted by Gasteiger charge is 2.64. The fourth-order valence-corrected chi connectivity index (χ4v) is 6.24. The number of nitrogens with one attached hydrogen (secondary N) is 1. The number of halogens is 2. The van der Waals surface area contributed by atoms with Gasteiger partial charge in [-0.05, 0) is 44.2 Å². The molecule has 3 aromatic rings. The van der Waals surface area contributed by atoms with Crippen LogP contribution in [0.4, 0.5) is 5.69 Å². The van der Waals surface area contributed by atoms with Gasteiger partial charge in [-0.1, -0.05) is 35.8 Å². The monoisotopic (exact) mass is 591 g/mol. The Morgan fingerprint density at radius 3 is 2.49 bits per heavy atom. The van der Waals surface area contributed by atoms with Crippen LogP contribution in [0.5, 0.6) is 11.5 Å². The van der Waals surface area contributed by atoms with Crippen molar-refractivity contribution in [1.29, 1.82) is 0 Å². The van der Waals surface area contributed by atoms with E-state index in [1.807, 2.05) is 24.5 Å². The number of likely N-dealkylation sites (N-methyl/N-ethyl adjacent to an activating group) is 1. The Balaban J connectivity index is 1.70. The van der Waals surface area contributed by atoms with Crippen LogP contribution in [0.3, 0.4) is 0 Å². The van der Waals surface area contributed by atoms with E-state index in [9.17, 15) is 9.59 Å². The highest BCUT2D eigenvalue weighted by Crippen LogP contribution is 2.55. The molecule has 11 heteroatoms. The van der Waals surface area contributed by atoms with Gasteiger partial charge in [-0.15, -0.1) is 0 Å². The molecule has 41 heavy (non-hydrogen) atoms. The summed E-state index contributed by atoms with van der Waals surface area (Å²) in [6.07, 6.45) is 3.37. The predicted molar refractivity (Wildman–Crippen MR) is 157 cm³/mol. The number of fused-ring (bicyclic) bond motifs is 4. The van der Waals surface area contributed by atoms with Gasteiger partial charge >= 0.3 is 0 Å². The topological polar surface area (TPSA) is 88.9 Å². The minimum Gasteiger partial charge on any atom is -0.497 e. The van der Waals surface area contributed by atoms with Crippen LogP contribution in [0.15, 0.2) is 71.7 Å². The van der Waals surface area contributed by atoms with Gasteiger partial charge < -0.3 is 24.3 Å². The van der Waals surface area contributed by atoms with Crippen LogP contribution in [-0.4, -0.2) is 52.4 Å². The molecule has 1 unspecified atom stereocenters. The summed E-state index contributed by atoms with van der Waals surface area (Å²) in [4.78, 5) is 36.9. The zero-order valence-corrected chi connectivity index (χ0v) is 24.6. The lowest BCUT2D eigenvalue weighted by Gasteiger charge is -2.38. The van der Waals surface area contributed by atoms with Crippen molar-refractivity contribution in [2.24, 2.45) is 0 Å². The van der Waals surface area contributed by atoms with E-state index >= 15 is 0 Å². The van der Waals surface area contributed by atoms with Crippen molar-refractivity contribution in [2.75, 3.05) is 26.6 Å². The Bertz CT molecular complexity index is 1740. The number of anilines is 1. The lowest BCUT2D eigenvalue weighted by molar-refractivity contribution is -0.123. The fourth-order valence-electron chi connectivity index (χ4n) is 5.82. The molecule has 9 nitrogen and oxygen atoms in total. The first-order chi connectivity index (χ1) is 19.5. The molecular weight excluding hydrogens is 565 g/mol. The van der Waals surface area contributed by atoms with Crippen molar-refractivity contribution in [2.45, 2.75) is 25.4 Å². The molecule has 1 N–H and O–H groups in total. The zero-order valence-electron chi connectivity index (χ0n) is 23.1. The number of allylic oxidation sites excluding steroid dienone is 2. The second-order valence-corrected chi connectivity index (χ2v) is 11.1. The molecule has 0 bridgehead atoms. The lowest BCUT2D eigenvalue weighted by atomic mass is 9.86. The Hall–Kier alpha value is -4.21. The van der Waals surface area contributed by atoms with E-state index in [1.54, 1.807) is 68.8 Å². The lowest BCUT2D eigenvalue weighted by Crippen LogP contribution is -2.50. The Kier molecular flexibility index (Phi) is 6.20. The van der Waals surface area contributed by atoms with Gasteiger partial charge in [0, 0.05) is 41.6 Å². The minimum absolute atomic E-state index is 0.155. The SMILES string of the molecule is C=C1C(Cl)=CC(N2C(=O)c3nc(-c4ccc(OC)cc4OC)n(C(C)C)c3C23C(=O)Nc2cc(Cl)ccc23)=CN1C. The predicted octanol–water partition coefficient (Wildman–Crippen LogP) is 5.88. The van der Waals surface area contributed by atoms with E-state index < -0.39 is 17.4 Å². The van der Waals surface area contributed by atoms with Crippen molar-refractivity contribution in [1.82, 2.24) is 19.4 Å². The van der Waals surface area contributed by atoms with Crippen LogP contribution in [0.25, 0.3) is 11.4 Å². The van der Waals surface area contributed by atoms with Crippen LogP contribution in [0, 0.1) is 0 Å². The van der Waals surface area contributed by atoms with Gasteiger partial charge in [0.05, 0.1) is 41.9 Å². The summed E-state index contributed by atoms with van der Waals surface area (Å²) in [6, 6.07) is 10.3. The molecule has 2 amide bonds. The van der Waals surface area contributed by atoms with Crippen LogP contribution in [0.1, 0.15) is 41.6 Å². The Morgan fingerprint density at radius 1 is 1.07 bits per heavy atom.